The Morgan fingerprint density at radius 3 is 2.62 bits per heavy atom. The fourth-order valence-corrected chi connectivity index (χ4v) is 3.41. The first-order valence-corrected chi connectivity index (χ1v) is 8.07. The molecule has 2 aromatic rings. The van der Waals surface area contributed by atoms with E-state index in [0.29, 0.717) is 22.3 Å². The van der Waals surface area contributed by atoms with Gasteiger partial charge in [-0.3, -0.25) is 9.69 Å². The highest BCUT2D eigenvalue weighted by Gasteiger charge is 2.10. The van der Waals surface area contributed by atoms with E-state index >= 15 is 0 Å². The van der Waals surface area contributed by atoms with E-state index in [-0.39, 0.29) is 12.5 Å². The quantitative estimate of drug-likeness (QED) is 0.829. The van der Waals surface area contributed by atoms with Gasteiger partial charge in [0.05, 0.1) is 21.6 Å². The largest absolute Gasteiger partial charge is 0.324 e. The van der Waals surface area contributed by atoms with Crippen molar-refractivity contribution in [1.82, 2.24) is 4.90 Å². The van der Waals surface area contributed by atoms with E-state index in [4.69, 9.17) is 34.8 Å². The van der Waals surface area contributed by atoms with Crippen molar-refractivity contribution in [3.05, 3.63) is 49.6 Å². The van der Waals surface area contributed by atoms with Crippen LogP contribution in [-0.2, 0) is 11.3 Å². The van der Waals surface area contributed by atoms with Gasteiger partial charge in [-0.15, -0.1) is 11.3 Å². The van der Waals surface area contributed by atoms with E-state index in [1.54, 1.807) is 18.2 Å². The standard InChI is InChI=1S/C14H13Cl3N2OS/c1-19(7-10-3-5-13(17)21-10)8-14(20)18-12-4-2-9(15)6-11(12)16/h2-6H,7-8H2,1H3,(H,18,20). The molecule has 3 nitrogen and oxygen atoms in total. The minimum absolute atomic E-state index is 0.135. The maximum atomic E-state index is 12.0. The Labute approximate surface area is 142 Å². The molecule has 1 N–H and O–H groups in total. The molecule has 0 aliphatic heterocycles. The maximum absolute atomic E-state index is 12.0. The predicted molar refractivity (Wildman–Crippen MR) is 90.8 cm³/mol. The van der Waals surface area contributed by atoms with Crippen molar-refractivity contribution in [2.45, 2.75) is 6.54 Å². The average molecular weight is 364 g/mol. The first-order valence-electron chi connectivity index (χ1n) is 6.11. The van der Waals surface area contributed by atoms with Gasteiger partial charge in [-0.2, -0.15) is 0 Å². The molecule has 112 valence electrons. The third kappa shape index (κ3) is 5.16. The molecule has 0 aliphatic carbocycles. The molecule has 0 saturated carbocycles. The second-order valence-corrected chi connectivity index (χ2v) is 7.19. The summed E-state index contributed by atoms with van der Waals surface area (Å²) >= 11 is 19.2. The van der Waals surface area contributed by atoms with Gasteiger partial charge in [-0.25, -0.2) is 0 Å². The monoisotopic (exact) mass is 362 g/mol. The fourth-order valence-electron chi connectivity index (χ4n) is 1.78. The number of hydrogen-bond donors (Lipinski definition) is 1. The van der Waals surface area contributed by atoms with Crippen LogP contribution in [0.4, 0.5) is 5.69 Å². The third-order valence-electron chi connectivity index (χ3n) is 2.67. The van der Waals surface area contributed by atoms with Crippen LogP contribution in [0.1, 0.15) is 4.88 Å². The van der Waals surface area contributed by atoms with Crippen molar-refractivity contribution in [3.8, 4) is 0 Å². The van der Waals surface area contributed by atoms with E-state index in [2.05, 4.69) is 5.32 Å². The molecule has 21 heavy (non-hydrogen) atoms. The van der Waals surface area contributed by atoms with Crippen LogP contribution in [0.3, 0.4) is 0 Å². The zero-order valence-corrected chi connectivity index (χ0v) is 14.3. The van der Waals surface area contributed by atoms with Crippen molar-refractivity contribution in [1.29, 1.82) is 0 Å². The second kappa shape index (κ2) is 7.47. The van der Waals surface area contributed by atoms with Crippen LogP contribution < -0.4 is 5.32 Å². The SMILES string of the molecule is CN(CC(=O)Nc1ccc(Cl)cc1Cl)Cc1ccc(Cl)s1. The fraction of sp³-hybridized carbons (Fsp3) is 0.214. The third-order valence-corrected chi connectivity index (χ3v) is 4.44. The normalized spacial score (nSPS) is 10.9. The Hall–Kier alpha value is -0.780. The molecule has 1 aromatic carbocycles. The molecule has 0 fully saturated rings. The minimum Gasteiger partial charge on any atom is -0.324 e. The Kier molecular flexibility index (Phi) is 5.90. The van der Waals surface area contributed by atoms with Gasteiger partial charge in [-0.1, -0.05) is 34.8 Å². The zero-order valence-electron chi connectivity index (χ0n) is 11.2. The van der Waals surface area contributed by atoms with Crippen LogP contribution in [0.2, 0.25) is 14.4 Å². The van der Waals surface area contributed by atoms with E-state index in [1.165, 1.54) is 11.3 Å². The van der Waals surface area contributed by atoms with Crippen molar-refractivity contribution in [2.24, 2.45) is 0 Å². The molecule has 1 amide bonds. The highest BCUT2D eigenvalue weighted by atomic mass is 35.5. The summed E-state index contributed by atoms with van der Waals surface area (Å²) in [6.45, 7) is 0.924. The number of rotatable bonds is 5. The molecule has 0 saturated heterocycles. The number of anilines is 1. The van der Waals surface area contributed by atoms with Gasteiger partial charge in [0.1, 0.15) is 0 Å². The summed E-state index contributed by atoms with van der Waals surface area (Å²) in [7, 11) is 1.87. The van der Waals surface area contributed by atoms with Crippen molar-refractivity contribution in [3.63, 3.8) is 0 Å². The van der Waals surface area contributed by atoms with Gasteiger partial charge in [0, 0.05) is 16.4 Å². The lowest BCUT2D eigenvalue weighted by Gasteiger charge is -2.15. The van der Waals surface area contributed by atoms with Gasteiger partial charge in [0.15, 0.2) is 0 Å². The van der Waals surface area contributed by atoms with Crippen molar-refractivity contribution >= 4 is 57.7 Å². The summed E-state index contributed by atoms with van der Waals surface area (Å²) in [6, 6.07) is 8.76. The lowest BCUT2D eigenvalue weighted by atomic mass is 10.3. The van der Waals surface area contributed by atoms with Crippen LogP contribution in [0.5, 0.6) is 0 Å². The highest BCUT2D eigenvalue weighted by Crippen LogP contribution is 2.25. The number of likely N-dealkylation sites (N-methyl/N-ethyl adjacent to an activating group) is 1. The molecular weight excluding hydrogens is 351 g/mol. The Morgan fingerprint density at radius 1 is 1.24 bits per heavy atom. The van der Waals surface area contributed by atoms with Crippen LogP contribution in [0, 0.1) is 0 Å². The number of carbonyl (C=O) groups is 1. The first-order chi connectivity index (χ1) is 9.94. The molecule has 1 aromatic heterocycles. The van der Waals surface area contributed by atoms with Crippen molar-refractivity contribution in [2.75, 3.05) is 18.9 Å². The average Bonchev–Trinajstić information content (AvgIpc) is 2.78. The van der Waals surface area contributed by atoms with Crippen molar-refractivity contribution < 1.29 is 4.79 Å². The molecule has 0 bridgehead atoms. The molecule has 0 atom stereocenters. The summed E-state index contributed by atoms with van der Waals surface area (Å²) in [5.41, 5.74) is 0.554. The number of nitrogens with zero attached hydrogens (tertiary/aromatic N) is 1. The number of thiophene rings is 1. The summed E-state index contributed by atoms with van der Waals surface area (Å²) in [4.78, 5) is 15.0. The predicted octanol–water partition coefficient (Wildman–Crippen LogP) is 4.78. The first kappa shape index (κ1) is 16.6. The smallest absolute Gasteiger partial charge is 0.238 e. The van der Waals surface area contributed by atoms with Gasteiger partial charge >= 0.3 is 0 Å². The number of carbonyl (C=O) groups excluding carboxylic acids is 1. The van der Waals surface area contributed by atoms with Crippen LogP contribution in [0.15, 0.2) is 30.3 Å². The highest BCUT2D eigenvalue weighted by molar-refractivity contribution is 7.16. The topological polar surface area (TPSA) is 32.3 Å². The molecular formula is C14H13Cl3N2OS. The number of benzene rings is 1. The number of hydrogen-bond acceptors (Lipinski definition) is 3. The number of halogens is 3. The molecule has 2 rings (SSSR count). The molecule has 0 aliphatic rings. The van der Waals surface area contributed by atoms with Crippen LogP contribution in [-0.4, -0.2) is 24.4 Å². The molecule has 0 unspecified atom stereocenters. The lowest BCUT2D eigenvalue weighted by molar-refractivity contribution is -0.117. The molecule has 1 heterocycles. The van der Waals surface area contributed by atoms with Gasteiger partial charge in [0.25, 0.3) is 0 Å². The van der Waals surface area contributed by atoms with Gasteiger partial charge < -0.3 is 5.32 Å². The zero-order chi connectivity index (χ0) is 15.4. The lowest BCUT2D eigenvalue weighted by Crippen LogP contribution is -2.29. The van der Waals surface area contributed by atoms with E-state index in [0.717, 1.165) is 9.21 Å². The number of nitrogens with one attached hydrogen (secondary N) is 1. The van der Waals surface area contributed by atoms with E-state index in [1.807, 2.05) is 24.1 Å². The molecule has 7 heteroatoms. The van der Waals surface area contributed by atoms with Crippen LogP contribution in [0.25, 0.3) is 0 Å². The summed E-state index contributed by atoms with van der Waals surface area (Å²) in [6.07, 6.45) is 0. The summed E-state index contributed by atoms with van der Waals surface area (Å²) in [5, 5.41) is 3.72. The van der Waals surface area contributed by atoms with Crippen LogP contribution >= 0.6 is 46.1 Å². The van der Waals surface area contributed by atoms with Gasteiger partial charge in [-0.05, 0) is 37.4 Å². The maximum Gasteiger partial charge on any atom is 0.238 e. The summed E-state index contributed by atoms with van der Waals surface area (Å²) < 4.78 is 0.746. The Balaban J connectivity index is 1.89. The Bertz CT molecular complexity index is 645. The minimum atomic E-state index is -0.135. The van der Waals surface area contributed by atoms with Gasteiger partial charge in [0.2, 0.25) is 5.91 Å². The number of amides is 1. The second-order valence-electron chi connectivity index (χ2n) is 4.55. The van der Waals surface area contributed by atoms with E-state index in [9.17, 15) is 4.79 Å². The summed E-state index contributed by atoms with van der Waals surface area (Å²) in [5.74, 6) is -0.135. The van der Waals surface area contributed by atoms with E-state index < -0.39 is 0 Å². The molecule has 0 radical (unpaired) electrons. The molecule has 0 spiro atoms. The Morgan fingerprint density at radius 2 is 2.00 bits per heavy atom.